The van der Waals surface area contributed by atoms with Crippen LogP contribution in [0.2, 0.25) is 0 Å². The lowest BCUT2D eigenvalue weighted by atomic mass is 10.0. The Labute approximate surface area is 119 Å². The van der Waals surface area contributed by atoms with Crippen molar-refractivity contribution in [1.29, 1.82) is 0 Å². The summed E-state index contributed by atoms with van der Waals surface area (Å²) in [6.45, 7) is 5.18. The molecule has 1 saturated heterocycles. The number of rotatable bonds is 4. The highest BCUT2D eigenvalue weighted by Gasteiger charge is 2.17. The van der Waals surface area contributed by atoms with Crippen LogP contribution in [0.25, 0.3) is 0 Å². The van der Waals surface area contributed by atoms with Crippen molar-refractivity contribution in [2.45, 2.75) is 32.7 Å². The van der Waals surface area contributed by atoms with Gasteiger partial charge in [0.15, 0.2) is 0 Å². The molecule has 0 amide bonds. The lowest BCUT2D eigenvalue weighted by Gasteiger charge is -2.20. The van der Waals surface area contributed by atoms with E-state index in [1.165, 1.54) is 19.3 Å². The van der Waals surface area contributed by atoms with Gasteiger partial charge in [-0.1, -0.05) is 13.0 Å². The van der Waals surface area contributed by atoms with Crippen molar-refractivity contribution in [3.05, 3.63) is 33.9 Å². The third-order valence-electron chi connectivity index (χ3n) is 3.93. The van der Waals surface area contributed by atoms with Gasteiger partial charge in [-0.05, 0) is 49.9 Å². The minimum absolute atomic E-state index is 0.0354. The first-order chi connectivity index (χ1) is 9.60. The first-order valence-corrected chi connectivity index (χ1v) is 7.06. The highest BCUT2D eigenvalue weighted by molar-refractivity contribution is 5.61. The monoisotopic (exact) mass is 278 g/mol. The summed E-state index contributed by atoms with van der Waals surface area (Å²) in [5.74, 6) is 6.07. The zero-order chi connectivity index (χ0) is 14.5. The number of hydrogen-bond donors (Lipinski definition) is 2. The molecule has 1 aliphatic rings. The summed E-state index contributed by atoms with van der Waals surface area (Å²) in [7, 11) is 0. The van der Waals surface area contributed by atoms with E-state index in [1.807, 2.05) is 6.07 Å². The predicted molar refractivity (Wildman–Crippen MR) is 79.2 cm³/mol. The molecule has 110 valence electrons. The minimum Gasteiger partial charge on any atom is -0.318 e. The first-order valence-electron chi connectivity index (χ1n) is 7.06. The molecule has 6 nitrogen and oxygen atoms in total. The van der Waals surface area contributed by atoms with Gasteiger partial charge in [0, 0.05) is 12.6 Å². The van der Waals surface area contributed by atoms with E-state index in [4.69, 9.17) is 5.84 Å². The smallest absolute Gasteiger partial charge is 0.293 e. The molecular weight excluding hydrogens is 256 g/mol. The molecule has 1 aromatic rings. The fourth-order valence-corrected chi connectivity index (χ4v) is 2.69. The third kappa shape index (κ3) is 3.68. The van der Waals surface area contributed by atoms with Crippen LogP contribution >= 0.6 is 0 Å². The maximum absolute atomic E-state index is 11.0. The van der Waals surface area contributed by atoms with Crippen LogP contribution in [0.4, 0.5) is 11.4 Å². The zero-order valence-electron chi connectivity index (χ0n) is 11.8. The highest BCUT2D eigenvalue weighted by atomic mass is 16.6. The topological polar surface area (TPSA) is 84.4 Å². The van der Waals surface area contributed by atoms with Gasteiger partial charge in [0.1, 0.15) is 5.69 Å². The van der Waals surface area contributed by atoms with E-state index in [2.05, 4.69) is 17.2 Å². The van der Waals surface area contributed by atoms with Crippen LogP contribution in [-0.4, -0.2) is 22.9 Å². The maximum Gasteiger partial charge on any atom is 0.293 e. The van der Waals surface area contributed by atoms with E-state index >= 15 is 0 Å². The third-order valence-corrected chi connectivity index (χ3v) is 3.93. The van der Waals surface area contributed by atoms with Crippen molar-refractivity contribution in [2.24, 2.45) is 11.8 Å². The number of nitro benzene ring substituents is 1. The molecule has 2 rings (SSSR count). The zero-order valence-corrected chi connectivity index (χ0v) is 11.8. The summed E-state index contributed by atoms with van der Waals surface area (Å²) in [4.78, 5) is 13.0. The Morgan fingerprint density at radius 3 is 2.95 bits per heavy atom. The van der Waals surface area contributed by atoms with Crippen molar-refractivity contribution in [2.75, 3.05) is 18.5 Å². The largest absolute Gasteiger partial charge is 0.318 e. The van der Waals surface area contributed by atoms with Crippen molar-refractivity contribution in [3.8, 4) is 0 Å². The van der Waals surface area contributed by atoms with Crippen LogP contribution in [0.15, 0.2) is 18.2 Å². The number of hydrazine groups is 1. The molecule has 1 unspecified atom stereocenters. The molecule has 20 heavy (non-hydrogen) atoms. The second kappa shape index (κ2) is 6.67. The van der Waals surface area contributed by atoms with E-state index in [0.29, 0.717) is 5.69 Å². The molecule has 1 fully saturated rings. The van der Waals surface area contributed by atoms with Gasteiger partial charge in [0.05, 0.1) is 4.92 Å². The first kappa shape index (κ1) is 14.7. The summed E-state index contributed by atoms with van der Waals surface area (Å²) in [5, 5.41) is 11.0. The normalized spacial score (nSPS) is 20.4. The van der Waals surface area contributed by atoms with Crippen LogP contribution in [-0.2, 0) is 6.54 Å². The van der Waals surface area contributed by atoms with Gasteiger partial charge in [0.2, 0.25) is 0 Å². The van der Waals surface area contributed by atoms with Crippen LogP contribution < -0.4 is 11.3 Å². The molecule has 1 heterocycles. The molecular formula is C14H22N4O2. The standard InChI is InChI=1S/C14H22N4O2/c1-11-3-2-7-17(8-6-11)10-12-4-5-13(16-15)14(9-12)18(19)20/h4-5,9,11,16H,2-3,6-8,10,15H2,1H3. The van der Waals surface area contributed by atoms with Crippen LogP contribution in [0, 0.1) is 16.0 Å². The van der Waals surface area contributed by atoms with Gasteiger partial charge in [-0.25, -0.2) is 0 Å². The van der Waals surface area contributed by atoms with Gasteiger partial charge < -0.3 is 5.43 Å². The van der Waals surface area contributed by atoms with Gasteiger partial charge in [-0.15, -0.1) is 0 Å². The summed E-state index contributed by atoms with van der Waals surface area (Å²) in [6, 6.07) is 5.19. The average molecular weight is 278 g/mol. The van der Waals surface area contributed by atoms with Crippen molar-refractivity contribution >= 4 is 11.4 Å². The molecule has 0 spiro atoms. The summed E-state index contributed by atoms with van der Waals surface area (Å²) in [6.07, 6.45) is 3.67. The van der Waals surface area contributed by atoms with Crippen LogP contribution in [0.1, 0.15) is 31.7 Å². The number of anilines is 1. The van der Waals surface area contributed by atoms with Crippen molar-refractivity contribution in [3.63, 3.8) is 0 Å². The summed E-state index contributed by atoms with van der Waals surface area (Å²) < 4.78 is 0. The Balaban J connectivity index is 2.09. The molecule has 1 atom stereocenters. The Hall–Kier alpha value is -1.66. The Morgan fingerprint density at radius 2 is 2.25 bits per heavy atom. The molecule has 0 aromatic heterocycles. The Kier molecular flexibility index (Phi) is 4.92. The van der Waals surface area contributed by atoms with Gasteiger partial charge in [0.25, 0.3) is 5.69 Å². The molecule has 0 saturated carbocycles. The number of nitro groups is 1. The number of hydrogen-bond acceptors (Lipinski definition) is 5. The Morgan fingerprint density at radius 1 is 1.45 bits per heavy atom. The van der Waals surface area contributed by atoms with Gasteiger partial charge in [-0.2, -0.15) is 0 Å². The maximum atomic E-state index is 11.0. The number of nitrogen functional groups attached to an aromatic ring is 1. The lowest BCUT2D eigenvalue weighted by molar-refractivity contribution is -0.384. The number of nitrogens with two attached hydrogens (primary N) is 1. The SMILES string of the molecule is CC1CCCN(Cc2ccc(NN)c([N+](=O)[O-])c2)CC1. The minimum atomic E-state index is -0.400. The molecule has 1 aliphatic heterocycles. The number of likely N-dealkylation sites (tertiary alicyclic amines) is 1. The summed E-state index contributed by atoms with van der Waals surface area (Å²) >= 11 is 0. The van der Waals surface area contributed by atoms with Crippen LogP contribution in [0.5, 0.6) is 0 Å². The molecule has 3 N–H and O–H groups in total. The predicted octanol–water partition coefficient (Wildman–Crippen LogP) is 2.50. The second-order valence-electron chi connectivity index (χ2n) is 5.57. The number of nitrogens with zero attached hydrogens (tertiary/aromatic N) is 2. The average Bonchev–Trinajstić information content (AvgIpc) is 2.63. The van der Waals surface area contributed by atoms with Crippen molar-refractivity contribution in [1.82, 2.24) is 4.90 Å². The lowest BCUT2D eigenvalue weighted by Crippen LogP contribution is -2.24. The van der Waals surface area contributed by atoms with Gasteiger partial charge >= 0.3 is 0 Å². The number of nitrogens with one attached hydrogen (secondary N) is 1. The highest BCUT2D eigenvalue weighted by Crippen LogP contribution is 2.26. The van der Waals surface area contributed by atoms with E-state index in [0.717, 1.165) is 31.1 Å². The fourth-order valence-electron chi connectivity index (χ4n) is 2.69. The molecule has 1 aromatic carbocycles. The second-order valence-corrected chi connectivity index (χ2v) is 5.57. The molecule has 0 aliphatic carbocycles. The molecule has 0 bridgehead atoms. The molecule has 6 heteroatoms. The van der Waals surface area contributed by atoms with Crippen molar-refractivity contribution < 1.29 is 4.92 Å². The Bertz CT molecular complexity index is 478. The van der Waals surface area contributed by atoms with E-state index in [-0.39, 0.29) is 5.69 Å². The van der Waals surface area contributed by atoms with E-state index in [9.17, 15) is 10.1 Å². The summed E-state index contributed by atoms with van der Waals surface area (Å²) in [5.41, 5.74) is 3.72. The molecule has 0 radical (unpaired) electrons. The van der Waals surface area contributed by atoms with E-state index in [1.54, 1.807) is 12.1 Å². The van der Waals surface area contributed by atoms with Gasteiger partial charge in [-0.3, -0.25) is 20.9 Å². The van der Waals surface area contributed by atoms with Crippen LogP contribution in [0.3, 0.4) is 0 Å². The number of benzene rings is 1. The quantitative estimate of drug-likeness (QED) is 0.502. The van der Waals surface area contributed by atoms with E-state index < -0.39 is 4.92 Å². The fraction of sp³-hybridized carbons (Fsp3) is 0.571.